The maximum Gasteiger partial charge on any atom is 0.233 e. The molecule has 8 nitrogen and oxygen atoms in total. The summed E-state index contributed by atoms with van der Waals surface area (Å²) in [6.07, 6.45) is 4.41. The van der Waals surface area contributed by atoms with Crippen molar-refractivity contribution in [2.45, 2.75) is 63.8 Å². The van der Waals surface area contributed by atoms with E-state index in [1.165, 1.54) is 22.3 Å². The highest BCUT2D eigenvalue weighted by molar-refractivity contribution is 7.99. The molecule has 31 heavy (non-hydrogen) atoms. The van der Waals surface area contributed by atoms with Gasteiger partial charge in [-0.2, -0.15) is 0 Å². The van der Waals surface area contributed by atoms with Gasteiger partial charge in [-0.3, -0.25) is 9.10 Å². The van der Waals surface area contributed by atoms with Crippen LogP contribution in [0.25, 0.3) is 0 Å². The first-order valence-corrected chi connectivity index (χ1v) is 13.3. The smallest absolute Gasteiger partial charge is 0.233 e. The van der Waals surface area contributed by atoms with E-state index in [1.807, 2.05) is 24.0 Å². The number of hydrogen-bond acceptors (Lipinski definition) is 6. The van der Waals surface area contributed by atoms with Gasteiger partial charge in [-0.25, -0.2) is 8.42 Å². The molecule has 1 aliphatic rings. The molecule has 170 valence electrons. The van der Waals surface area contributed by atoms with Crippen molar-refractivity contribution in [1.29, 1.82) is 0 Å². The third-order valence-corrected chi connectivity index (χ3v) is 7.88. The number of piperidine rings is 1. The SMILES string of the molecule is Cc1ccc(N(Cc2nnc(SCC(=O)N3[C@@H](C)CCC[C@@H]3C)n2C)S(C)(=O)=O)cc1. The molecule has 1 aliphatic heterocycles. The summed E-state index contributed by atoms with van der Waals surface area (Å²) in [4.78, 5) is 14.8. The normalized spacial score (nSPS) is 19.5. The Balaban J connectivity index is 1.71. The highest BCUT2D eigenvalue weighted by Gasteiger charge is 2.29. The lowest BCUT2D eigenvalue weighted by molar-refractivity contribution is -0.134. The summed E-state index contributed by atoms with van der Waals surface area (Å²) in [5.41, 5.74) is 1.63. The minimum Gasteiger partial charge on any atom is -0.337 e. The molecule has 0 saturated carbocycles. The van der Waals surface area contributed by atoms with E-state index >= 15 is 0 Å². The average Bonchev–Trinajstić information content (AvgIpc) is 3.04. The lowest BCUT2D eigenvalue weighted by Crippen LogP contribution is -2.48. The third-order valence-electron chi connectivity index (χ3n) is 5.74. The zero-order valence-electron chi connectivity index (χ0n) is 18.8. The molecular weight excluding hydrogens is 434 g/mol. The van der Waals surface area contributed by atoms with Crippen LogP contribution in [-0.2, 0) is 28.4 Å². The molecule has 2 heterocycles. The van der Waals surface area contributed by atoms with E-state index in [4.69, 9.17) is 0 Å². The van der Waals surface area contributed by atoms with Crippen molar-refractivity contribution >= 4 is 33.4 Å². The number of aryl methyl sites for hydroxylation is 1. The molecule has 1 fully saturated rings. The average molecular weight is 466 g/mol. The maximum atomic E-state index is 12.8. The molecule has 3 rings (SSSR count). The summed E-state index contributed by atoms with van der Waals surface area (Å²) in [6, 6.07) is 7.82. The van der Waals surface area contributed by atoms with Crippen LogP contribution in [0.5, 0.6) is 0 Å². The molecule has 1 aromatic carbocycles. The van der Waals surface area contributed by atoms with Crippen molar-refractivity contribution in [2.24, 2.45) is 7.05 Å². The topological polar surface area (TPSA) is 88.4 Å². The Bertz CT molecular complexity index is 1010. The van der Waals surface area contributed by atoms with Crippen LogP contribution in [0.2, 0.25) is 0 Å². The molecular formula is C21H31N5O3S2. The van der Waals surface area contributed by atoms with E-state index in [0.29, 0.717) is 16.7 Å². The standard InChI is InChI=1S/C21H31N5O3S2/c1-15-9-11-18(12-10-15)25(31(5,28)29)13-19-22-23-21(24(19)4)30-14-20(27)26-16(2)7-6-8-17(26)3/h9-12,16-17H,6-8,13-14H2,1-5H3/t16-,17-/m0/s1. The Labute approximate surface area is 189 Å². The van der Waals surface area contributed by atoms with Crippen LogP contribution >= 0.6 is 11.8 Å². The van der Waals surface area contributed by atoms with Gasteiger partial charge in [-0.05, 0) is 52.2 Å². The van der Waals surface area contributed by atoms with E-state index < -0.39 is 10.0 Å². The van der Waals surface area contributed by atoms with E-state index in [9.17, 15) is 13.2 Å². The fourth-order valence-electron chi connectivity index (χ4n) is 3.96. The first kappa shape index (κ1) is 23.6. The number of carbonyl (C=O) groups is 1. The van der Waals surface area contributed by atoms with Gasteiger partial charge in [0, 0.05) is 19.1 Å². The van der Waals surface area contributed by atoms with Crippen molar-refractivity contribution in [3.8, 4) is 0 Å². The molecule has 1 saturated heterocycles. The van der Waals surface area contributed by atoms with Crippen LogP contribution in [0, 0.1) is 6.92 Å². The molecule has 10 heteroatoms. The molecule has 0 aliphatic carbocycles. The van der Waals surface area contributed by atoms with Crippen LogP contribution < -0.4 is 4.31 Å². The minimum atomic E-state index is -3.50. The molecule has 0 spiro atoms. The van der Waals surface area contributed by atoms with E-state index in [0.717, 1.165) is 24.8 Å². The lowest BCUT2D eigenvalue weighted by Gasteiger charge is -2.39. The third kappa shape index (κ3) is 5.60. The number of thioether (sulfide) groups is 1. The molecule has 2 aromatic rings. The van der Waals surface area contributed by atoms with Gasteiger partial charge in [0.25, 0.3) is 0 Å². The van der Waals surface area contributed by atoms with Crippen molar-refractivity contribution in [1.82, 2.24) is 19.7 Å². The van der Waals surface area contributed by atoms with E-state index in [-0.39, 0.29) is 30.3 Å². The van der Waals surface area contributed by atoms with Gasteiger partial charge in [0.1, 0.15) is 0 Å². The molecule has 0 radical (unpaired) electrons. The minimum absolute atomic E-state index is 0.0695. The zero-order chi connectivity index (χ0) is 22.8. The monoisotopic (exact) mass is 465 g/mol. The van der Waals surface area contributed by atoms with E-state index in [2.05, 4.69) is 24.0 Å². The number of aromatic nitrogens is 3. The number of nitrogens with zero attached hydrogens (tertiary/aromatic N) is 5. The summed E-state index contributed by atoms with van der Waals surface area (Å²) < 4.78 is 27.9. The van der Waals surface area contributed by atoms with E-state index in [1.54, 1.807) is 23.7 Å². The van der Waals surface area contributed by atoms with Crippen molar-refractivity contribution in [3.63, 3.8) is 0 Å². The summed E-state index contributed by atoms with van der Waals surface area (Å²) in [7, 11) is -1.71. The molecule has 1 aromatic heterocycles. The Morgan fingerprint density at radius 3 is 2.35 bits per heavy atom. The van der Waals surface area contributed by atoms with Gasteiger partial charge in [-0.1, -0.05) is 29.5 Å². The number of likely N-dealkylation sites (tertiary alicyclic amines) is 1. The van der Waals surface area contributed by atoms with Gasteiger partial charge >= 0.3 is 0 Å². The highest BCUT2D eigenvalue weighted by atomic mass is 32.2. The number of rotatable bonds is 7. The summed E-state index contributed by atoms with van der Waals surface area (Å²) >= 11 is 1.34. The van der Waals surface area contributed by atoms with Gasteiger partial charge in [0.05, 0.1) is 24.2 Å². The number of hydrogen-bond donors (Lipinski definition) is 0. The Morgan fingerprint density at radius 2 is 1.77 bits per heavy atom. The number of sulfonamides is 1. The van der Waals surface area contributed by atoms with Gasteiger partial charge < -0.3 is 9.47 Å². The second-order valence-corrected chi connectivity index (χ2v) is 11.1. The van der Waals surface area contributed by atoms with Crippen LogP contribution in [0.1, 0.15) is 44.5 Å². The lowest BCUT2D eigenvalue weighted by atomic mass is 9.98. The summed E-state index contributed by atoms with van der Waals surface area (Å²) in [6.45, 7) is 6.22. The number of anilines is 1. The maximum absolute atomic E-state index is 12.8. The quantitative estimate of drug-likeness (QED) is 0.584. The fourth-order valence-corrected chi connectivity index (χ4v) is 5.62. The fraction of sp³-hybridized carbons (Fsp3) is 0.571. The van der Waals surface area contributed by atoms with Crippen molar-refractivity contribution in [2.75, 3.05) is 16.3 Å². The molecule has 0 N–H and O–H groups in total. The molecule has 2 atom stereocenters. The highest BCUT2D eigenvalue weighted by Crippen LogP contribution is 2.26. The van der Waals surface area contributed by atoms with Gasteiger partial charge in [0.15, 0.2) is 11.0 Å². The largest absolute Gasteiger partial charge is 0.337 e. The molecule has 0 bridgehead atoms. The van der Waals surface area contributed by atoms with Crippen molar-refractivity contribution in [3.05, 3.63) is 35.7 Å². The van der Waals surface area contributed by atoms with Crippen LogP contribution in [0.3, 0.4) is 0 Å². The zero-order valence-corrected chi connectivity index (χ0v) is 20.4. The van der Waals surface area contributed by atoms with Crippen molar-refractivity contribution < 1.29 is 13.2 Å². The predicted octanol–water partition coefficient (Wildman–Crippen LogP) is 2.97. The van der Waals surface area contributed by atoms with Crippen LogP contribution in [0.4, 0.5) is 5.69 Å². The Kier molecular flexibility index (Phi) is 7.31. The summed E-state index contributed by atoms with van der Waals surface area (Å²) in [5.74, 6) is 0.904. The summed E-state index contributed by atoms with van der Waals surface area (Å²) in [5, 5.41) is 8.99. The van der Waals surface area contributed by atoms with Crippen LogP contribution in [0.15, 0.2) is 29.4 Å². The van der Waals surface area contributed by atoms with Gasteiger partial charge in [-0.15, -0.1) is 10.2 Å². The first-order valence-electron chi connectivity index (χ1n) is 10.4. The second-order valence-electron chi connectivity index (χ2n) is 8.28. The Morgan fingerprint density at radius 1 is 1.16 bits per heavy atom. The Hall–Kier alpha value is -2.07. The number of benzene rings is 1. The number of amides is 1. The first-order chi connectivity index (χ1) is 14.6. The number of carbonyl (C=O) groups excluding carboxylic acids is 1. The predicted molar refractivity (Wildman–Crippen MR) is 124 cm³/mol. The van der Waals surface area contributed by atoms with Crippen LogP contribution in [-0.4, -0.2) is 58.1 Å². The molecule has 1 amide bonds. The molecule has 0 unspecified atom stereocenters. The second kappa shape index (κ2) is 9.60. The van der Waals surface area contributed by atoms with Gasteiger partial charge in [0.2, 0.25) is 15.9 Å².